The topological polar surface area (TPSA) is 72.2 Å². The maximum absolute atomic E-state index is 12.0. The minimum absolute atomic E-state index is 0.189. The van der Waals surface area contributed by atoms with Gasteiger partial charge in [-0.15, -0.1) is 11.3 Å². The second-order valence-corrected chi connectivity index (χ2v) is 8.85. The summed E-state index contributed by atoms with van der Waals surface area (Å²) in [5.74, 6) is 0. The van der Waals surface area contributed by atoms with Gasteiger partial charge in [0.2, 0.25) is 10.0 Å². The standard InChI is InChI=1S/C10H16BrClN2O2S2/c1-3-10(13,4-2)6-14-18(15,16)8-5-7(12)9(11)17-8/h5,14H,3-4,6,13H2,1-2H3. The fourth-order valence-electron chi connectivity index (χ4n) is 1.27. The van der Waals surface area contributed by atoms with E-state index in [-0.39, 0.29) is 10.8 Å². The molecule has 0 saturated carbocycles. The van der Waals surface area contributed by atoms with Crippen molar-refractivity contribution >= 4 is 48.9 Å². The van der Waals surface area contributed by atoms with E-state index in [0.717, 1.165) is 11.3 Å². The number of nitrogens with two attached hydrogens (primary N) is 1. The highest BCUT2D eigenvalue weighted by molar-refractivity contribution is 9.11. The van der Waals surface area contributed by atoms with Gasteiger partial charge < -0.3 is 5.73 Å². The van der Waals surface area contributed by atoms with E-state index in [9.17, 15) is 8.42 Å². The minimum atomic E-state index is -3.54. The molecule has 0 atom stereocenters. The second kappa shape index (κ2) is 6.19. The van der Waals surface area contributed by atoms with Gasteiger partial charge in [-0.05, 0) is 34.8 Å². The van der Waals surface area contributed by atoms with Crippen LogP contribution in [0.15, 0.2) is 14.1 Å². The van der Waals surface area contributed by atoms with Crippen molar-refractivity contribution in [3.63, 3.8) is 0 Å². The Hall–Kier alpha value is 0.340. The van der Waals surface area contributed by atoms with Gasteiger partial charge in [0.1, 0.15) is 4.21 Å². The zero-order chi connectivity index (χ0) is 14.0. The van der Waals surface area contributed by atoms with Crippen LogP contribution in [-0.4, -0.2) is 20.5 Å². The molecule has 0 unspecified atom stereocenters. The molecule has 1 heterocycles. The normalized spacial score (nSPS) is 12.9. The molecule has 18 heavy (non-hydrogen) atoms. The van der Waals surface area contributed by atoms with Gasteiger partial charge in [-0.3, -0.25) is 0 Å². The van der Waals surface area contributed by atoms with Gasteiger partial charge >= 0.3 is 0 Å². The quantitative estimate of drug-likeness (QED) is 0.803. The molecule has 0 radical (unpaired) electrons. The summed E-state index contributed by atoms with van der Waals surface area (Å²) in [7, 11) is -3.54. The molecule has 4 nitrogen and oxygen atoms in total. The van der Waals surface area contributed by atoms with Crippen molar-refractivity contribution in [2.45, 2.75) is 36.4 Å². The van der Waals surface area contributed by atoms with Gasteiger partial charge in [-0.2, -0.15) is 0 Å². The van der Waals surface area contributed by atoms with Crippen LogP contribution >= 0.6 is 38.9 Å². The smallest absolute Gasteiger partial charge is 0.250 e. The SMILES string of the molecule is CCC(N)(CC)CNS(=O)(=O)c1cc(Cl)c(Br)s1. The van der Waals surface area contributed by atoms with Gasteiger partial charge in [0.25, 0.3) is 0 Å². The summed E-state index contributed by atoms with van der Waals surface area (Å²) in [6, 6.07) is 1.43. The van der Waals surface area contributed by atoms with Gasteiger partial charge in [-0.25, -0.2) is 13.1 Å². The van der Waals surface area contributed by atoms with Crippen LogP contribution in [-0.2, 0) is 10.0 Å². The van der Waals surface area contributed by atoms with Crippen LogP contribution in [0.1, 0.15) is 26.7 Å². The maximum atomic E-state index is 12.0. The summed E-state index contributed by atoms with van der Waals surface area (Å²) in [6.45, 7) is 4.10. The molecule has 0 aliphatic rings. The van der Waals surface area contributed by atoms with Crippen LogP contribution in [0.4, 0.5) is 0 Å². The van der Waals surface area contributed by atoms with E-state index in [2.05, 4.69) is 20.7 Å². The molecule has 0 spiro atoms. The Labute approximate surface area is 125 Å². The molecule has 0 aliphatic carbocycles. The van der Waals surface area contributed by atoms with Crippen LogP contribution in [0.2, 0.25) is 5.02 Å². The number of hydrogen-bond donors (Lipinski definition) is 2. The molecule has 0 saturated heterocycles. The first-order valence-electron chi connectivity index (χ1n) is 5.47. The molecular formula is C10H16BrClN2O2S2. The highest BCUT2D eigenvalue weighted by Crippen LogP contribution is 2.34. The van der Waals surface area contributed by atoms with Crippen molar-refractivity contribution in [1.82, 2.24) is 4.72 Å². The van der Waals surface area contributed by atoms with E-state index in [0.29, 0.717) is 21.7 Å². The van der Waals surface area contributed by atoms with E-state index >= 15 is 0 Å². The zero-order valence-corrected chi connectivity index (χ0v) is 14.1. The van der Waals surface area contributed by atoms with Gasteiger partial charge in [0, 0.05) is 12.1 Å². The molecule has 0 aliphatic heterocycles. The van der Waals surface area contributed by atoms with Gasteiger partial charge in [0.05, 0.1) is 8.81 Å². The third-order valence-electron chi connectivity index (χ3n) is 2.91. The second-order valence-electron chi connectivity index (χ2n) is 4.08. The molecule has 0 bridgehead atoms. The molecule has 0 amide bonds. The van der Waals surface area contributed by atoms with Crippen LogP contribution in [0.25, 0.3) is 0 Å². The Morgan fingerprint density at radius 3 is 2.44 bits per heavy atom. The Bertz CT molecular complexity index is 492. The summed E-state index contributed by atoms with van der Waals surface area (Å²) >= 11 is 10.1. The number of hydrogen-bond acceptors (Lipinski definition) is 4. The first kappa shape index (κ1) is 16.4. The van der Waals surface area contributed by atoms with Crippen LogP contribution in [0, 0.1) is 0 Å². The van der Waals surface area contributed by atoms with Crippen LogP contribution in [0.5, 0.6) is 0 Å². The van der Waals surface area contributed by atoms with Crippen LogP contribution in [0.3, 0.4) is 0 Å². The van der Waals surface area contributed by atoms with E-state index in [1.54, 1.807) is 0 Å². The lowest BCUT2D eigenvalue weighted by molar-refractivity contribution is 0.392. The first-order valence-corrected chi connectivity index (χ1v) is 8.94. The van der Waals surface area contributed by atoms with Crippen molar-refractivity contribution in [2.75, 3.05) is 6.54 Å². The molecule has 104 valence electrons. The Morgan fingerprint density at radius 2 is 2.06 bits per heavy atom. The van der Waals surface area contributed by atoms with Crippen LogP contribution < -0.4 is 10.5 Å². The summed E-state index contributed by atoms with van der Waals surface area (Å²) in [5, 5.41) is 0.394. The molecule has 8 heteroatoms. The first-order chi connectivity index (χ1) is 8.24. The molecule has 1 aromatic heterocycles. The fourth-order valence-corrected chi connectivity index (χ4v) is 4.85. The lowest BCUT2D eigenvalue weighted by Gasteiger charge is -2.26. The highest BCUT2D eigenvalue weighted by atomic mass is 79.9. The minimum Gasteiger partial charge on any atom is -0.324 e. The Kier molecular flexibility index (Phi) is 5.64. The van der Waals surface area contributed by atoms with Gasteiger partial charge in [0.15, 0.2) is 0 Å². The van der Waals surface area contributed by atoms with E-state index in [1.165, 1.54) is 6.07 Å². The van der Waals surface area contributed by atoms with Crippen molar-refractivity contribution in [1.29, 1.82) is 0 Å². The number of nitrogens with one attached hydrogen (secondary N) is 1. The molecule has 1 aromatic rings. The number of halogens is 2. The molecule has 0 fully saturated rings. The monoisotopic (exact) mass is 374 g/mol. The fraction of sp³-hybridized carbons (Fsp3) is 0.600. The van der Waals surface area contributed by atoms with Crippen molar-refractivity contribution < 1.29 is 8.42 Å². The maximum Gasteiger partial charge on any atom is 0.250 e. The number of sulfonamides is 1. The van der Waals surface area contributed by atoms with Gasteiger partial charge in [-0.1, -0.05) is 25.4 Å². The highest BCUT2D eigenvalue weighted by Gasteiger charge is 2.25. The molecule has 3 N–H and O–H groups in total. The largest absolute Gasteiger partial charge is 0.324 e. The molecule has 1 rings (SSSR count). The summed E-state index contributed by atoms with van der Waals surface area (Å²) in [4.78, 5) is 0. The predicted molar refractivity (Wildman–Crippen MR) is 79.7 cm³/mol. The van der Waals surface area contributed by atoms with Crippen molar-refractivity contribution in [3.8, 4) is 0 Å². The van der Waals surface area contributed by atoms with E-state index in [4.69, 9.17) is 17.3 Å². The average Bonchev–Trinajstić information content (AvgIpc) is 2.68. The third kappa shape index (κ3) is 3.91. The third-order valence-corrected chi connectivity index (χ3v) is 7.26. The predicted octanol–water partition coefficient (Wildman–Crippen LogP) is 2.96. The number of thiophene rings is 1. The lowest BCUT2D eigenvalue weighted by atomic mass is 9.95. The van der Waals surface area contributed by atoms with Crippen molar-refractivity contribution in [2.24, 2.45) is 5.73 Å². The summed E-state index contributed by atoms with van der Waals surface area (Å²) < 4.78 is 27.4. The molecule has 0 aromatic carbocycles. The Morgan fingerprint density at radius 1 is 1.50 bits per heavy atom. The summed E-state index contributed by atoms with van der Waals surface area (Å²) in [6.07, 6.45) is 1.42. The molecular weight excluding hydrogens is 360 g/mol. The average molecular weight is 376 g/mol. The van der Waals surface area contributed by atoms with E-state index < -0.39 is 15.6 Å². The lowest BCUT2D eigenvalue weighted by Crippen LogP contribution is -2.49. The zero-order valence-electron chi connectivity index (χ0n) is 10.2. The number of rotatable bonds is 6. The van der Waals surface area contributed by atoms with E-state index in [1.807, 2.05) is 13.8 Å². The van der Waals surface area contributed by atoms with Crippen molar-refractivity contribution in [3.05, 3.63) is 14.9 Å². The Balaban J connectivity index is 2.83. The summed E-state index contributed by atoms with van der Waals surface area (Å²) in [5.41, 5.74) is 5.55.